The summed E-state index contributed by atoms with van der Waals surface area (Å²) in [5.74, 6) is 0.188. The zero-order valence-electron chi connectivity index (χ0n) is 12.3. The summed E-state index contributed by atoms with van der Waals surface area (Å²) >= 11 is 0. The van der Waals surface area contributed by atoms with E-state index in [1.807, 2.05) is 13.8 Å². The molecule has 1 aromatic heterocycles. The molecule has 108 valence electrons. The molecule has 1 rings (SSSR count). The van der Waals surface area contributed by atoms with Crippen molar-refractivity contribution in [3.05, 3.63) is 16.8 Å². The van der Waals surface area contributed by atoms with E-state index in [4.69, 9.17) is 5.73 Å². The zero-order chi connectivity index (χ0) is 14.6. The first-order valence-electron chi connectivity index (χ1n) is 6.83. The summed E-state index contributed by atoms with van der Waals surface area (Å²) in [4.78, 5) is 4.45. The zero-order valence-corrected chi connectivity index (χ0v) is 13.1. The van der Waals surface area contributed by atoms with E-state index in [0.29, 0.717) is 0 Å². The molecule has 0 aliphatic rings. The van der Waals surface area contributed by atoms with Crippen LogP contribution in [0.1, 0.15) is 49.9 Å². The standard InChI is InChI=1S/C14H24N2O2S/c1-5-7-8-9-12-10(3)13(19(17,18)6-2)14(15)16-11(12)4/h5-9H2,1-4H3,(H2,15,16). The first kappa shape index (κ1) is 16.0. The van der Waals surface area contributed by atoms with Gasteiger partial charge in [-0.15, -0.1) is 0 Å². The smallest absolute Gasteiger partial charge is 0.182 e. The number of hydrogen-bond acceptors (Lipinski definition) is 4. The Morgan fingerprint density at radius 2 is 1.79 bits per heavy atom. The van der Waals surface area contributed by atoms with E-state index >= 15 is 0 Å². The fraction of sp³-hybridized carbons (Fsp3) is 0.643. The molecule has 0 unspecified atom stereocenters. The molecule has 0 spiro atoms. The molecule has 0 amide bonds. The third-order valence-corrected chi connectivity index (χ3v) is 5.37. The Bertz CT molecular complexity index is 551. The average Bonchev–Trinajstić information content (AvgIpc) is 2.32. The molecule has 1 aromatic rings. The summed E-state index contributed by atoms with van der Waals surface area (Å²) in [5, 5.41) is 0. The lowest BCUT2D eigenvalue weighted by Gasteiger charge is -2.15. The van der Waals surface area contributed by atoms with E-state index in [0.717, 1.165) is 42.5 Å². The van der Waals surface area contributed by atoms with Gasteiger partial charge in [-0.25, -0.2) is 13.4 Å². The maximum Gasteiger partial charge on any atom is 0.182 e. The lowest BCUT2D eigenvalue weighted by molar-refractivity contribution is 0.596. The van der Waals surface area contributed by atoms with E-state index in [9.17, 15) is 8.42 Å². The highest BCUT2D eigenvalue weighted by Crippen LogP contribution is 2.28. The molecule has 5 heteroatoms. The average molecular weight is 284 g/mol. The van der Waals surface area contributed by atoms with Crippen LogP contribution in [0.4, 0.5) is 5.82 Å². The summed E-state index contributed by atoms with van der Waals surface area (Å²) in [5.41, 5.74) is 8.48. The molecule has 0 saturated carbocycles. The summed E-state index contributed by atoms with van der Waals surface area (Å²) in [7, 11) is -3.32. The summed E-state index contributed by atoms with van der Waals surface area (Å²) in [6.45, 7) is 7.51. The highest BCUT2D eigenvalue weighted by atomic mass is 32.2. The molecule has 0 aliphatic carbocycles. The van der Waals surface area contributed by atoms with E-state index in [1.165, 1.54) is 0 Å². The Hall–Kier alpha value is -1.10. The molecule has 0 radical (unpaired) electrons. The van der Waals surface area contributed by atoms with Crippen molar-refractivity contribution in [2.24, 2.45) is 0 Å². The largest absolute Gasteiger partial charge is 0.383 e. The van der Waals surface area contributed by atoms with Crippen LogP contribution in [-0.4, -0.2) is 19.2 Å². The molecule has 0 atom stereocenters. The number of aryl methyl sites for hydroxylation is 1. The van der Waals surface area contributed by atoms with Crippen LogP contribution in [0.25, 0.3) is 0 Å². The second-order valence-corrected chi connectivity index (χ2v) is 7.09. The number of pyridine rings is 1. The first-order chi connectivity index (χ1) is 8.85. The Morgan fingerprint density at radius 1 is 1.16 bits per heavy atom. The maximum absolute atomic E-state index is 12.1. The van der Waals surface area contributed by atoms with Gasteiger partial charge in [-0.3, -0.25) is 0 Å². The van der Waals surface area contributed by atoms with E-state index in [2.05, 4.69) is 11.9 Å². The van der Waals surface area contributed by atoms with Gasteiger partial charge in [0.2, 0.25) is 0 Å². The first-order valence-corrected chi connectivity index (χ1v) is 8.48. The van der Waals surface area contributed by atoms with Crippen molar-refractivity contribution in [1.82, 2.24) is 4.98 Å². The van der Waals surface area contributed by atoms with Crippen LogP contribution in [0.15, 0.2) is 4.90 Å². The number of sulfone groups is 1. The molecule has 0 saturated heterocycles. The number of aromatic nitrogens is 1. The quantitative estimate of drug-likeness (QED) is 0.815. The van der Waals surface area contributed by atoms with Gasteiger partial charge in [0.15, 0.2) is 9.84 Å². The minimum absolute atomic E-state index is 0.0528. The number of anilines is 1. The number of nitrogens with zero attached hydrogens (tertiary/aromatic N) is 1. The van der Waals surface area contributed by atoms with E-state index in [-0.39, 0.29) is 16.5 Å². The van der Waals surface area contributed by atoms with Crippen LogP contribution in [0.2, 0.25) is 0 Å². The molecule has 19 heavy (non-hydrogen) atoms. The molecule has 1 heterocycles. The van der Waals surface area contributed by atoms with Gasteiger partial charge in [-0.05, 0) is 37.8 Å². The molecular formula is C14H24N2O2S. The van der Waals surface area contributed by atoms with Crippen molar-refractivity contribution in [1.29, 1.82) is 0 Å². The van der Waals surface area contributed by atoms with E-state index < -0.39 is 9.84 Å². The Kier molecular flexibility index (Phi) is 5.35. The van der Waals surface area contributed by atoms with Gasteiger partial charge in [0.25, 0.3) is 0 Å². The predicted molar refractivity (Wildman–Crippen MR) is 79.1 cm³/mol. The lowest BCUT2D eigenvalue weighted by Crippen LogP contribution is -2.14. The Labute approximate surface area is 116 Å². The molecule has 0 bridgehead atoms. The fourth-order valence-corrected chi connectivity index (χ4v) is 3.60. The van der Waals surface area contributed by atoms with E-state index in [1.54, 1.807) is 6.92 Å². The molecule has 0 aliphatic heterocycles. The van der Waals surface area contributed by atoms with Gasteiger partial charge in [0.05, 0.1) is 5.75 Å². The highest BCUT2D eigenvalue weighted by Gasteiger charge is 2.22. The number of nitrogens with two attached hydrogens (primary N) is 1. The van der Waals surface area contributed by atoms with Gasteiger partial charge >= 0.3 is 0 Å². The highest BCUT2D eigenvalue weighted by molar-refractivity contribution is 7.91. The molecule has 0 fully saturated rings. The van der Waals surface area contributed by atoms with Crippen molar-refractivity contribution in [3.8, 4) is 0 Å². The van der Waals surface area contributed by atoms with Crippen molar-refractivity contribution in [3.63, 3.8) is 0 Å². The maximum atomic E-state index is 12.1. The SMILES string of the molecule is CCCCCc1c(C)nc(N)c(S(=O)(=O)CC)c1C. The normalized spacial score (nSPS) is 11.8. The third kappa shape index (κ3) is 3.47. The van der Waals surface area contributed by atoms with Crippen molar-refractivity contribution < 1.29 is 8.42 Å². The van der Waals surface area contributed by atoms with Gasteiger partial charge in [0, 0.05) is 5.69 Å². The van der Waals surface area contributed by atoms with Crippen molar-refractivity contribution in [2.45, 2.75) is 58.3 Å². The van der Waals surface area contributed by atoms with Crippen molar-refractivity contribution in [2.75, 3.05) is 11.5 Å². The summed E-state index contributed by atoms with van der Waals surface area (Å²) in [6.07, 6.45) is 4.19. The third-order valence-electron chi connectivity index (χ3n) is 3.47. The number of hydrogen-bond donors (Lipinski definition) is 1. The molecule has 2 N–H and O–H groups in total. The Morgan fingerprint density at radius 3 is 2.32 bits per heavy atom. The predicted octanol–water partition coefficient (Wildman–Crippen LogP) is 2.81. The second kappa shape index (κ2) is 6.37. The van der Waals surface area contributed by atoms with Crippen LogP contribution in [0.5, 0.6) is 0 Å². The van der Waals surface area contributed by atoms with Crippen LogP contribution in [-0.2, 0) is 16.3 Å². The van der Waals surface area contributed by atoms with Crippen LogP contribution in [0.3, 0.4) is 0 Å². The van der Waals surface area contributed by atoms with Crippen LogP contribution in [0, 0.1) is 13.8 Å². The van der Waals surface area contributed by atoms with Crippen molar-refractivity contribution >= 4 is 15.7 Å². The Balaban J connectivity index is 3.31. The minimum atomic E-state index is -3.32. The topological polar surface area (TPSA) is 73.0 Å². The monoisotopic (exact) mass is 284 g/mol. The fourth-order valence-electron chi connectivity index (χ4n) is 2.36. The molecular weight excluding hydrogens is 260 g/mol. The van der Waals surface area contributed by atoms with Gasteiger partial charge < -0.3 is 5.73 Å². The molecule has 4 nitrogen and oxygen atoms in total. The number of nitrogen functional groups attached to an aromatic ring is 1. The number of unbranched alkanes of at least 4 members (excludes halogenated alkanes) is 2. The molecule has 0 aromatic carbocycles. The number of rotatable bonds is 6. The van der Waals surface area contributed by atoms with Gasteiger partial charge in [0.1, 0.15) is 10.7 Å². The van der Waals surface area contributed by atoms with Gasteiger partial charge in [-0.2, -0.15) is 0 Å². The minimum Gasteiger partial charge on any atom is -0.383 e. The van der Waals surface area contributed by atoms with Gasteiger partial charge in [-0.1, -0.05) is 26.7 Å². The van der Waals surface area contributed by atoms with Crippen LogP contribution >= 0.6 is 0 Å². The summed E-state index contributed by atoms with van der Waals surface area (Å²) in [6, 6.07) is 0. The second-order valence-electron chi connectivity index (χ2n) is 4.88. The summed E-state index contributed by atoms with van der Waals surface area (Å²) < 4.78 is 24.2. The lowest BCUT2D eigenvalue weighted by atomic mass is 10.0. The van der Waals surface area contributed by atoms with Crippen LogP contribution < -0.4 is 5.73 Å².